The van der Waals surface area contributed by atoms with Crippen molar-refractivity contribution >= 4 is 34.5 Å². The summed E-state index contributed by atoms with van der Waals surface area (Å²) in [6.07, 6.45) is 2.18. The summed E-state index contributed by atoms with van der Waals surface area (Å²) in [5.41, 5.74) is 1.01. The van der Waals surface area contributed by atoms with Crippen LogP contribution in [0.15, 0.2) is 40.3 Å². The van der Waals surface area contributed by atoms with Crippen LogP contribution >= 0.6 is 22.7 Å². The molecule has 0 saturated heterocycles. The van der Waals surface area contributed by atoms with E-state index in [4.69, 9.17) is 4.42 Å². The van der Waals surface area contributed by atoms with Gasteiger partial charge in [0, 0.05) is 23.8 Å². The molecule has 0 aliphatic rings. The Morgan fingerprint density at radius 2 is 2.15 bits per heavy atom. The van der Waals surface area contributed by atoms with E-state index in [1.54, 1.807) is 41.9 Å². The summed E-state index contributed by atoms with van der Waals surface area (Å²) in [5.74, 6) is -0.283. The molecule has 1 N–H and O–H groups in total. The highest BCUT2D eigenvalue weighted by Crippen LogP contribution is 2.29. The van der Waals surface area contributed by atoms with E-state index in [2.05, 4.69) is 27.8 Å². The van der Waals surface area contributed by atoms with Gasteiger partial charge in [-0.1, -0.05) is 0 Å². The SMILES string of the molecule is Cc1nc(-c2ccc(CCNC(=O)CN(C)C(=O)c3ccco3)s2)cs1. The lowest BCUT2D eigenvalue weighted by atomic mass is 10.3. The average molecular weight is 390 g/mol. The van der Waals surface area contributed by atoms with E-state index in [0.29, 0.717) is 6.54 Å². The minimum atomic E-state index is -0.313. The quantitative estimate of drug-likeness (QED) is 0.673. The van der Waals surface area contributed by atoms with Crippen molar-refractivity contribution in [2.45, 2.75) is 13.3 Å². The molecule has 0 aromatic carbocycles. The number of nitrogens with zero attached hydrogens (tertiary/aromatic N) is 2. The standard InChI is InChI=1S/C18H19N3O3S2/c1-12-20-14(11-25-12)16-6-5-13(26-16)7-8-19-17(22)10-21(2)18(23)15-4-3-9-24-15/h3-6,9,11H,7-8,10H2,1-2H3,(H,19,22). The monoisotopic (exact) mass is 389 g/mol. The molecule has 0 bridgehead atoms. The minimum Gasteiger partial charge on any atom is -0.459 e. The minimum absolute atomic E-state index is 0.00662. The molecule has 0 atom stereocenters. The number of likely N-dealkylation sites (N-methyl/N-ethyl adjacent to an activating group) is 1. The van der Waals surface area contributed by atoms with E-state index in [1.807, 2.05) is 6.92 Å². The molecular weight excluding hydrogens is 370 g/mol. The molecule has 0 aliphatic carbocycles. The number of furan rings is 1. The van der Waals surface area contributed by atoms with Gasteiger partial charge in [-0.25, -0.2) is 4.98 Å². The van der Waals surface area contributed by atoms with Crippen molar-refractivity contribution in [3.05, 3.63) is 51.6 Å². The van der Waals surface area contributed by atoms with Crippen LogP contribution in [0.25, 0.3) is 10.6 Å². The van der Waals surface area contributed by atoms with Crippen LogP contribution in [0.4, 0.5) is 0 Å². The number of hydrogen-bond acceptors (Lipinski definition) is 6. The molecule has 3 rings (SSSR count). The van der Waals surface area contributed by atoms with Crippen molar-refractivity contribution in [1.29, 1.82) is 0 Å². The Morgan fingerprint density at radius 3 is 2.85 bits per heavy atom. The van der Waals surface area contributed by atoms with Crippen molar-refractivity contribution in [3.8, 4) is 10.6 Å². The largest absolute Gasteiger partial charge is 0.459 e. The molecule has 6 nitrogen and oxygen atoms in total. The van der Waals surface area contributed by atoms with Gasteiger partial charge in [-0.05, 0) is 37.6 Å². The van der Waals surface area contributed by atoms with Gasteiger partial charge in [0.2, 0.25) is 5.91 Å². The summed E-state index contributed by atoms with van der Waals surface area (Å²) in [5, 5.41) is 5.95. The Morgan fingerprint density at radius 1 is 1.31 bits per heavy atom. The summed E-state index contributed by atoms with van der Waals surface area (Å²) in [6, 6.07) is 7.35. The molecule has 0 aliphatic heterocycles. The number of carbonyl (C=O) groups excluding carboxylic acids is 2. The number of carbonyl (C=O) groups is 2. The molecule has 0 radical (unpaired) electrons. The summed E-state index contributed by atoms with van der Waals surface area (Å²) in [4.78, 5) is 32.2. The van der Waals surface area contributed by atoms with Crippen LogP contribution in [0.5, 0.6) is 0 Å². The van der Waals surface area contributed by atoms with E-state index in [0.717, 1.165) is 22.0 Å². The first-order valence-electron chi connectivity index (χ1n) is 8.10. The maximum atomic E-state index is 12.0. The third kappa shape index (κ3) is 4.59. The molecule has 3 aromatic heterocycles. The Hall–Kier alpha value is -2.45. The van der Waals surface area contributed by atoms with Crippen molar-refractivity contribution < 1.29 is 14.0 Å². The van der Waals surface area contributed by atoms with Crippen molar-refractivity contribution in [1.82, 2.24) is 15.2 Å². The van der Waals surface area contributed by atoms with Gasteiger partial charge in [-0.2, -0.15) is 0 Å². The summed E-state index contributed by atoms with van der Waals surface area (Å²) in [6.45, 7) is 2.51. The van der Waals surface area contributed by atoms with Crippen molar-refractivity contribution in [2.75, 3.05) is 20.1 Å². The molecular formula is C18H19N3O3S2. The molecule has 2 amide bonds. The summed E-state index contributed by atoms with van der Waals surface area (Å²) in [7, 11) is 1.58. The highest BCUT2D eigenvalue weighted by atomic mass is 32.1. The fourth-order valence-electron chi connectivity index (χ4n) is 2.38. The van der Waals surface area contributed by atoms with Gasteiger partial charge >= 0.3 is 0 Å². The lowest BCUT2D eigenvalue weighted by molar-refractivity contribution is -0.121. The maximum Gasteiger partial charge on any atom is 0.289 e. The molecule has 0 fully saturated rings. The lowest BCUT2D eigenvalue weighted by Crippen LogP contribution is -2.38. The molecule has 8 heteroatoms. The number of aromatic nitrogens is 1. The van der Waals surface area contributed by atoms with Gasteiger partial charge in [-0.15, -0.1) is 22.7 Å². The van der Waals surface area contributed by atoms with Crippen molar-refractivity contribution in [3.63, 3.8) is 0 Å². The zero-order valence-corrected chi connectivity index (χ0v) is 16.2. The van der Waals surface area contributed by atoms with Crippen LogP contribution < -0.4 is 5.32 Å². The van der Waals surface area contributed by atoms with Gasteiger partial charge < -0.3 is 14.6 Å². The van der Waals surface area contributed by atoms with E-state index in [9.17, 15) is 9.59 Å². The normalized spacial score (nSPS) is 10.7. The van der Waals surface area contributed by atoms with Crippen LogP contribution in [0.3, 0.4) is 0 Å². The zero-order chi connectivity index (χ0) is 18.5. The molecule has 26 heavy (non-hydrogen) atoms. The van der Waals surface area contributed by atoms with E-state index in [1.165, 1.54) is 16.0 Å². The second kappa shape index (κ2) is 8.29. The van der Waals surface area contributed by atoms with Crippen LogP contribution in [0.2, 0.25) is 0 Å². The molecule has 0 spiro atoms. The molecule has 3 aromatic rings. The second-order valence-corrected chi connectivity index (χ2v) is 7.99. The smallest absolute Gasteiger partial charge is 0.289 e. The van der Waals surface area contributed by atoms with Crippen LogP contribution in [-0.2, 0) is 11.2 Å². The molecule has 0 saturated carbocycles. The fourth-order valence-corrected chi connectivity index (χ4v) is 4.04. The lowest BCUT2D eigenvalue weighted by Gasteiger charge is -2.15. The first-order chi connectivity index (χ1) is 12.5. The molecule has 0 unspecified atom stereocenters. The number of thiazole rings is 1. The number of aryl methyl sites for hydroxylation is 1. The van der Waals surface area contributed by atoms with E-state index >= 15 is 0 Å². The maximum absolute atomic E-state index is 12.0. The van der Waals surface area contributed by atoms with E-state index < -0.39 is 0 Å². The number of hydrogen-bond donors (Lipinski definition) is 1. The third-order valence-electron chi connectivity index (χ3n) is 3.69. The number of thiophene rings is 1. The second-order valence-electron chi connectivity index (χ2n) is 5.76. The third-order valence-corrected chi connectivity index (χ3v) is 5.63. The summed E-state index contributed by atoms with van der Waals surface area (Å²) >= 11 is 3.32. The van der Waals surface area contributed by atoms with Gasteiger partial charge in [0.25, 0.3) is 5.91 Å². The topological polar surface area (TPSA) is 75.4 Å². The van der Waals surface area contributed by atoms with Crippen LogP contribution in [-0.4, -0.2) is 41.8 Å². The Balaban J connectivity index is 1.44. The average Bonchev–Trinajstić information content (AvgIpc) is 3.35. The number of rotatable bonds is 7. The Kier molecular flexibility index (Phi) is 5.85. The highest BCUT2D eigenvalue weighted by molar-refractivity contribution is 7.16. The van der Waals surface area contributed by atoms with Crippen LogP contribution in [0.1, 0.15) is 20.4 Å². The van der Waals surface area contributed by atoms with E-state index in [-0.39, 0.29) is 24.1 Å². The highest BCUT2D eigenvalue weighted by Gasteiger charge is 2.16. The molecule has 136 valence electrons. The van der Waals surface area contributed by atoms with Gasteiger partial charge in [0.05, 0.1) is 28.4 Å². The number of nitrogens with one attached hydrogen (secondary N) is 1. The Labute approximate surface area is 159 Å². The van der Waals surface area contributed by atoms with Gasteiger partial charge in [0.15, 0.2) is 5.76 Å². The number of amides is 2. The Bertz CT molecular complexity index is 883. The predicted octanol–water partition coefficient (Wildman–Crippen LogP) is 3.20. The predicted molar refractivity (Wildman–Crippen MR) is 103 cm³/mol. The zero-order valence-electron chi connectivity index (χ0n) is 14.5. The van der Waals surface area contributed by atoms with Gasteiger partial charge in [0.1, 0.15) is 0 Å². The van der Waals surface area contributed by atoms with Crippen molar-refractivity contribution in [2.24, 2.45) is 0 Å². The van der Waals surface area contributed by atoms with Gasteiger partial charge in [-0.3, -0.25) is 9.59 Å². The summed E-state index contributed by atoms with van der Waals surface area (Å²) < 4.78 is 5.05. The molecule has 3 heterocycles. The fraction of sp³-hybridized carbons (Fsp3) is 0.278. The first kappa shape index (κ1) is 18.3. The first-order valence-corrected chi connectivity index (χ1v) is 9.79. The van der Waals surface area contributed by atoms with Crippen LogP contribution in [0, 0.1) is 6.92 Å².